The zero-order chi connectivity index (χ0) is 9.14. The van der Waals surface area contributed by atoms with E-state index < -0.39 is 0 Å². The molecule has 0 aliphatic carbocycles. The normalized spacial score (nSPS) is 18.2. The molecule has 0 unspecified atom stereocenters. The number of likely N-dealkylation sites (N-methyl/N-ethyl adjacent to an activating group) is 1. The summed E-state index contributed by atoms with van der Waals surface area (Å²) in [5.41, 5.74) is 1.98. The molecule has 2 heteroatoms. The van der Waals surface area contributed by atoms with Crippen LogP contribution in [0.2, 0.25) is 0 Å². The standard InChI is InChI=1S/C10H13NO/c1-4-6-9-8(5-2)7-10(12)11(9)3/h4-6H,2,7H2,1,3H3/b6-4-. The van der Waals surface area contributed by atoms with Crippen LogP contribution in [0.5, 0.6) is 0 Å². The van der Waals surface area contributed by atoms with E-state index in [0.29, 0.717) is 6.42 Å². The summed E-state index contributed by atoms with van der Waals surface area (Å²) in [6, 6.07) is 0. The van der Waals surface area contributed by atoms with Crippen LogP contribution in [0.4, 0.5) is 0 Å². The molecule has 12 heavy (non-hydrogen) atoms. The van der Waals surface area contributed by atoms with Gasteiger partial charge in [0.15, 0.2) is 0 Å². The number of nitrogens with zero attached hydrogens (tertiary/aromatic N) is 1. The fraction of sp³-hybridized carbons (Fsp3) is 0.300. The van der Waals surface area contributed by atoms with Crippen LogP contribution in [0, 0.1) is 0 Å². The summed E-state index contributed by atoms with van der Waals surface area (Å²) in [6.07, 6.45) is 6.09. The van der Waals surface area contributed by atoms with E-state index in [1.54, 1.807) is 18.0 Å². The molecule has 1 aliphatic heterocycles. The molecule has 0 atom stereocenters. The van der Waals surface area contributed by atoms with Gasteiger partial charge >= 0.3 is 0 Å². The minimum atomic E-state index is 0.137. The van der Waals surface area contributed by atoms with Gasteiger partial charge in [-0.15, -0.1) is 0 Å². The van der Waals surface area contributed by atoms with Crippen molar-refractivity contribution >= 4 is 5.91 Å². The maximum atomic E-state index is 11.2. The summed E-state index contributed by atoms with van der Waals surface area (Å²) >= 11 is 0. The minimum Gasteiger partial charge on any atom is -0.315 e. The molecule has 0 spiro atoms. The Bertz CT molecular complexity index is 274. The summed E-state index contributed by atoms with van der Waals surface area (Å²) in [6.45, 7) is 5.61. The van der Waals surface area contributed by atoms with Crippen LogP contribution >= 0.6 is 0 Å². The second kappa shape index (κ2) is 3.39. The molecule has 1 rings (SSSR count). The third kappa shape index (κ3) is 1.33. The molecule has 0 aromatic carbocycles. The number of hydrogen-bond donors (Lipinski definition) is 0. The fourth-order valence-corrected chi connectivity index (χ4v) is 1.28. The number of amides is 1. The Labute approximate surface area is 72.9 Å². The summed E-state index contributed by atoms with van der Waals surface area (Å²) in [7, 11) is 1.79. The topological polar surface area (TPSA) is 20.3 Å². The Morgan fingerprint density at radius 3 is 2.75 bits per heavy atom. The first kappa shape index (κ1) is 8.78. The molecule has 0 radical (unpaired) electrons. The highest BCUT2D eigenvalue weighted by Gasteiger charge is 2.22. The lowest BCUT2D eigenvalue weighted by Crippen LogP contribution is -2.18. The minimum absolute atomic E-state index is 0.137. The van der Waals surface area contributed by atoms with E-state index in [1.165, 1.54) is 0 Å². The lowest BCUT2D eigenvalue weighted by molar-refractivity contribution is -0.125. The summed E-state index contributed by atoms with van der Waals surface area (Å²) in [5.74, 6) is 0.137. The number of carbonyl (C=O) groups is 1. The lowest BCUT2D eigenvalue weighted by atomic mass is 10.2. The van der Waals surface area contributed by atoms with Gasteiger partial charge in [0.1, 0.15) is 0 Å². The fourth-order valence-electron chi connectivity index (χ4n) is 1.28. The quantitative estimate of drug-likeness (QED) is 0.608. The third-order valence-corrected chi connectivity index (χ3v) is 1.98. The van der Waals surface area contributed by atoms with Crippen LogP contribution in [-0.2, 0) is 4.79 Å². The molecule has 0 aromatic rings. The van der Waals surface area contributed by atoms with E-state index in [2.05, 4.69) is 6.58 Å². The molecular formula is C10H13NO. The highest BCUT2D eigenvalue weighted by molar-refractivity contribution is 5.85. The van der Waals surface area contributed by atoms with E-state index >= 15 is 0 Å². The average Bonchev–Trinajstić information content (AvgIpc) is 2.33. The van der Waals surface area contributed by atoms with Gasteiger partial charge < -0.3 is 4.90 Å². The van der Waals surface area contributed by atoms with Crippen molar-refractivity contribution in [3.05, 3.63) is 36.1 Å². The largest absolute Gasteiger partial charge is 0.315 e. The Morgan fingerprint density at radius 2 is 2.25 bits per heavy atom. The van der Waals surface area contributed by atoms with Gasteiger partial charge in [-0.3, -0.25) is 4.79 Å². The number of carbonyl (C=O) groups excluding carboxylic acids is 1. The Hall–Kier alpha value is -1.31. The van der Waals surface area contributed by atoms with Crippen molar-refractivity contribution in [2.45, 2.75) is 13.3 Å². The first-order valence-electron chi connectivity index (χ1n) is 3.95. The Kier molecular flexibility index (Phi) is 2.48. The van der Waals surface area contributed by atoms with Gasteiger partial charge in [0.05, 0.1) is 6.42 Å². The molecule has 0 N–H and O–H groups in total. The van der Waals surface area contributed by atoms with Crippen LogP contribution < -0.4 is 0 Å². The molecular weight excluding hydrogens is 150 g/mol. The number of hydrogen-bond acceptors (Lipinski definition) is 1. The lowest BCUT2D eigenvalue weighted by Gasteiger charge is -2.10. The molecule has 0 aromatic heterocycles. The maximum absolute atomic E-state index is 11.2. The first-order chi connectivity index (χ1) is 5.70. The average molecular weight is 163 g/mol. The van der Waals surface area contributed by atoms with Crippen molar-refractivity contribution in [3.8, 4) is 0 Å². The Balaban J connectivity index is 3.02. The zero-order valence-corrected chi connectivity index (χ0v) is 7.50. The second-order valence-corrected chi connectivity index (χ2v) is 2.74. The van der Waals surface area contributed by atoms with Gasteiger partial charge in [0.25, 0.3) is 0 Å². The van der Waals surface area contributed by atoms with Gasteiger partial charge in [-0.1, -0.05) is 18.7 Å². The van der Waals surface area contributed by atoms with Gasteiger partial charge in [-0.2, -0.15) is 0 Å². The predicted octanol–water partition coefficient (Wildman–Crippen LogP) is 1.86. The molecule has 0 saturated heterocycles. The predicted molar refractivity (Wildman–Crippen MR) is 49.4 cm³/mol. The van der Waals surface area contributed by atoms with Crippen LogP contribution in [0.3, 0.4) is 0 Å². The van der Waals surface area contributed by atoms with Crippen LogP contribution in [0.15, 0.2) is 36.1 Å². The van der Waals surface area contributed by atoms with E-state index in [1.807, 2.05) is 19.1 Å². The van der Waals surface area contributed by atoms with E-state index in [0.717, 1.165) is 11.3 Å². The van der Waals surface area contributed by atoms with Crippen LogP contribution in [0.1, 0.15) is 13.3 Å². The van der Waals surface area contributed by atoms with Crippen molar-refractivity contribution in [2.75, 3.05) is 7.05 Å². The summed E-state index contributed by atoms with van der Waals surface area (Å²) < 4.78 is 0. The number of allylic oxidation sites excluding steroid dienone is 3. The van der Waals surface area contributed by atoms with Crippen molar-refractivity contribution in [3.63, 3.8) is 0 Å². The summed E-state index contributed by atoms with van der Waals surface area (Å²) in [4.78, 5) is 12.9. The van der Waals surface area contributed by atoms with Crippen molar-refractivity contribution in [1.29, 1.82) is 0 Å². The molecule has 64 valence electrons. The number of rotatable bonds is 2. The molecule has 1 aliphatic rings. The highest BCUT2D eigenvalue weighted by Crippen LogP contribution is 2.23. The molecule has 1 heterocycles. The SMILES string of the molecule is C=CC1=C(/C=C\C)N(C)C(=O)C1. The third-order valence-electron chi connectivity index (χ3n) is 1.98. The zero-order valence-electron chi connectivity index (χ0n) is 7.50. The van der Waals surface area contributed by atoms with Gasteiger partial charge in [-0.05, 0) is 18.6 Å². The van der Waals surface area contributed by atoms with Crippen molar-refractivity contribution < 1.29 is 4.79 Å². The monoisotopic (exact) mass is 163 g/mol. The molecule has 0 fully saturated rings. The van der Waals surface area contributed by atoms with Gasteiger partial charge in [0.2, 0.25) is 5.91 Å². The van der Waals surface area contributed by atoms with Crippen molar-refractivity contribution in [2.24, 2.45) is 0 Å². The maximum Gasteiger partial charge on any atom is 0.231 e. The smallest absolute Gasteiger partial charge is 0.231 e. The molecule has 0 bridgehead atoms. The molecule has 2 nitrogen and oxygen atoms in total. The Morgan fingerprint density at radius 1 is 1.58 bits per heavy atom. The highest BCUT2D eigenvalue weighted by atomic mass is 16.2. The van der Waals surface area contributed by atoms with E-state index in [-0.39, 0.29) is 5.91 Å². The first-order valence-corrected chi connectivity index (χ1v) is 3.95. The molecule has 1 amide bonds. The second-order valence-electron chi connectivity index (χ2n) is 2.74. The van der Waals surface area contributed by atoms with E-state index in [9.17, 15) is 4.79 Å². The molecule has 0 saturated carbocycles. The van der Waals surface area contributed by atoms with E-state index in [4.69, 9.17) is 0 Å². The van der Waals surface area contributed by atoms with Crippen molar-refractivity contribution in [1.82, 2.24) is 4.90 Å². The van der Waals surface area contributed by atoms with Gasteiger partial charge in [-0.25, -0.2) is 0 Å². The summed E-state index contributed by atoms with van der Waals surface area (Å²) in [5, 5.41) is 0. The van der Waals surface area contributed by atoms with Crippen LogP contribution in [-0.4, -0.2) is 17.9 Å². The van der Waals surface area contributed by atoms with Crippen LogP contribution in [0.25, 0.3) is 0 Å². The van der Waals surface area contributed by atoms with Gasteiger partial charge in [0, 0.05) is 12.7 Å².